The summed E-state index contributed by atoms with van der Waals surface area (Å²) >= 11 is 1.75. The molecule has 0 atom stereocenters. The molecular formula is C21H26N2O3S2. The average Bonchev–Trinajstić information content (AvgIpc) is 3.12. The zero-order valence-electron chi connectivity index (χ0n) is 16.5. The van der Waals surface area contributed by atoms with Crippen molar-refractivity contribution >= 4 is 33.4 Å². The summed E-state index contributed by atoms with van der Waals surface area (Å²) < 4.78 is 27.0. The quantitative estimate of drug-likeness (QED) is 0.687. The van der Waals surface area contributed by atoms with Gasteiger partial charge < -0.3 is 4.90 Å². The van der Waals surface area contributed by atoms with Crippen LogP contribution in [0.5, 0.6) is 0 Å². The van der Waals surface area contributed by atoms with E-state index in [1.165, 1.54) is 9.87 Å². The zero-order chi connectivity index (χ0) is 20.3. The van der Waals surface area contributed by atoms with Crippen molar-refractivity contribution in [1.29, 1.82) is 0 Å². The number of anilines is 1. The van der Waals surface area contributed by atoms with E-state index < -0.39 is 10.0 Å². The van der Waals surface area contributed by atoms with Gasteiger partial charge >= 0.3 is 0 Å². The highest BCUT2D eigenvalue weighted by molar-refractivity contribution is 7.97. The maximum absolute atomic E-state index is 13.0. The molecule has 0 bridgehead atoms. The molecule has 1 amide bonds. The third-order valence-electron chi connectivity index (χ3n) is 5.05. The average molecular weight is 419 g/mol. The first kappa shape index (κ1) is 20.9. The summed E-state index contributed by atoms with van der Waals surface area (Å²) in [6.45, 7) is 5.11. The molecule has 0 aromatic heterocycles. The van der Waals surface area contributed by atoms with E-state index >= 15 is 0 Å². The first-order chi connectivity index (χ1) is 13.4. The number of rotatable bonds is 7. The molecule has 0 saturated heterocycles. The predicted octanol–water partition coefficient (Wildman–Crippen LogP) is 3.78. The van der Waals surface area contributed by atoms with Gasteiger partial charge in [0.1, 0.15) is 0 Å². The Balaban J connectivity index is 1.85. The minimum Gasteiger partial charge on any atom is -0.308 e. The smallest absolute Gasteiger partial charge is 0.258 e. The molecule has 0 spiro atoms. The number of hydrogen-bond acceptors (Lipinski definition) is 4. The van der Waals surface area contributed by atoms with E-state index in [0.717, 1.165) is 17.0 Å². The number of hydrogen-bond donors (Lipinski definition) is 0. The van der Waals surface area contributed by atoms with Gasteiger partial charge in [-0.1, -0.05) is 26.0 Å². The second-order valence-corrected chi connectivity index (χ2v) is 9.52. The monoisotopic (exact) mass is 418 g/mol. The van der Waals surface area contributed by atoms with Crippen molar-refractivity contribution in [3.8, 4) is 0 Å². The van der Waals surface area contributed by atoms with Crippen molar-refractivity contribution in [2.75, 3.05) is 30.8 Å². The van der Waals surface area contributed by atoms with Gasteiger partial charge in [-0.15, -0.1) is 0 Å². The number of fused-ring (bicyclic) bond motifs is 1. The lowest BCUT2D eigenvalue weighted by Crippen LogP contribution is -2.30. The summed E-state index contributed by atoms with van der Waals surface area (Å²) in [6.07, 6.45) is 2.71. The lowest BCUT2D eigenvalue weighted by atomic mass is 10.1. The lowest BCUT2D eigenvalue weighted by molar-refractivity contribution is 0.0989. The Kier molecular flexibility index (Phi) is 6.47. The van der Waals surface area contributed by atoms with Gasteiger partial charge in [0, 0.05) is 36.6 Å². The minimum absolute atomic E-state index is 0.0474. The number of amides is 1. The van der Waals surface area contributed by atoms with Crippen LogP contribution in [0.1, 0.15) is 35.3 Å². The van der Waals surface area contributed by atoms with Crippen molar-refractivity contribution in [2.45, 2.75) is 30.9 Å². The molecule has 0 N–H and O–H groups in total. The molecule has 28 heavy (non-hydrogen) atoms. The fourth-order valence-corrected chi connectivity index (χ4v) is 5.56. The summed E-state index contributed by atoms with van der Waals surface area (Å²) in [4.78, 5) is 15.0. The molecule has 0 unspecified atom stereocenters. The molecule has 7 heteroatoms. The van der Waals surface area contributed by atoms with Crippen LogP contribution >= 0.6 is 11.8 Å². The highest BCUT2D eigenvalue weighted by Gasteiger charge is 2.28. The largest absolute Gasteiger partial charge is 0.308 e. The van der Waals surface area contributed by atoms with E-state index in [-0.39, 0.29) is 5.91 Å². The number of carbonyl (C=O) groups excluding carboxylic acids is 1. The van der Waals surface area contributed by atoms with Crippen LogP contribution in [0.4, 0.5) is 5.69 Å². The molecular weight excluding hydrogens is 392 g/mol. The van der Waals surface area contributed by atoms with Crippen LogP contribution in [0, 0.1) is 0 Å². The molecule has 2 aromatic carbocycles. The van der Waals surface area contributed by atoms with Crippen molar-refractivity contribution in [3.63, 3.8) is 0 Å². The number of sulfonamides is 1. The molecule has 5 nitrogen and oxygen atoms in total. The van der Waals surface area contributed by atoms with Crippen LogP contribution in [-0.4, -0.2) is 44.5 Å². The van der Waals surface area contributed by atoms with Gasteiger partial charge in [-0.05, 0) is 54.1 Å². The second kappa shape index (κ2) is 8.68. The van der Waals surface area contributed by atoms with Crippen LogP contribution in [-0.2, 0) is 22.2 Å². The number of carbonyl (C=O) groups is 1. The standard InChI is InChI=1S/C21H26N2O3S2/c1-4-22(5-2)28(25,26)19-10-11-20-18(14-19)12-13-23(20)21(24)17-8-6-16(7-9-17)15-27-3/h6-11,14H,4-5,12-13,15H2,1-3H3. The molecule has 150 valence electrons. The van der Waals surface area contributed by atoms with Gasteiger partial charge in [-0.2, -0.15) is 16.1 Å². The van der Waals surface area contributed by atoms with E-state index in [1.807, 2.05) is 38.1 Å². The van der Waals surface area contributed by atoms with Crippen LogP contribution < -0.4 is 4.90 Å². The number of thioether (sulfide) groups is 1. The first-order valence-electron chi connectivity index (χ1n) is 9.45. The van der Waals surface area contributed by atoms with Crippen LogP contribution in [0.3, 0.4) is 0 Å². The summed E-state index contributed by atoms with van der Waals surface area (Å²) in [6, 6.07) is 12.8. The molecule has 1 aliphatic rings. The Bertz CT molecular complexity index is 952. The van der Waals surface area contributed by atoms with Crippen molar-refractivity contribution in [1.82, 2.24) is 4.31 Å². The minimum atomic E-state index is -3.50. The Morgan fingerprint density at radius 2 is 1.79 bits per heavy atom. The maximum Gasteiger partial charge on any atom is 0.258 e. The molecule has 0 fully saturated rings. The van der Waals surface area contributed by atoms with E-state index in [1.54, 1.807) is 34.9 Å². The summed E-state index contributed by atoms with van der Waals surface area (Å²) in [5, 5.41) is 0. The van der Waals surface area contributed by atoms with E-state index in [2.05, 4.69) is 6.26 Å². The van der Waals surface area contributed by atoms with Gasteiger partial charge in [0.25, 0.3) is 5.91 Å². The maximum atomic E-state index is 13.0. The molecule has 3 rings (SSSR count). The van der Waals surface area contributed by atoms with E-state index in [4.69, 9.17) is 0 Å². The molecule has 0 saturated carbocycles. The fourth-order valence-electron chi connectivity index (χ4n) is 3.53. The Morgan fingerprint density at radius 1 is 1.11 bits per heavy atom. The Morgan fingerprint density at radius 3 is 2.39 bits per heavy atom. The molecule has 1 heterocycles. The summed E-state index contributed by atoms with van der Waals surface area (Å²) in [7, 11) is -3.50. The normalized spacial score (nSPS) is 13.8. The molecule has 2 aromatic rings. The first-order valence-corrected chi connectivity index (χ1v) is 12.3. The molecule has 0 aliphatic carbocycles. The number of benzene rings is 2. The lowest BCUT2D eigenvalue weighted by Gasteiger charge is -2.20. The third-order valence-corrected chi connectivity index (χ3v) is 7.71. The molecule has 1 aliphatic heterocycles. The molecule has 0 radical (unpaired) electrons. The van der Waals surface area contributed by atoms with E-state index in [9.17, 15) is 13.2 Å². The van der Waals surface area contributed by atoms with Gasteiger partial charge in [0.15, 0.2) is 0 Å². The van der Waals surface area contributed by atoms with Crippen LogP contribution in [0.2, 0.25) is 0 Å². The fraction of sp³-hybridized carbons (Fsp3) is 0.381. The summed E-state index contributed by atoms with van der Waals surface area (Å²) in [5.74, 6) is 0.874. The summed E-state index contributed by atoms with van der Waals surface area (Å²) in [5.41, 5.74) is 3.55. The third kappa shape index (κ3) is 3.97. The van der Waals surface area contributed by atoms with Gasteiger partial charge in [-0.3, -0.25) is 4.79 Å². The zero-order valence-corrected chi connectivity index (χ0v) is 18.1. The highest BCUT2D eigenvalue weighted by Crippen LogP contribution is 2.32. The van der Waals surface area contributed by atoms with Gasteiger partial charge in [0.05, 0.1) is 4.90 Å². The van der Waals surface area contributed by atoms with Gasteiger partial charge in [-0.25, -0.2) is 8.42 Å². The van der Waals surface area contributed by atoms with Crippen LogP contribution in [0.15, 0.2) is 47.4 Å². The second-order valence-electron chi connectivity index (χ2n) is 6.72. The Hall–Kier alpha value is -1.83. The van der Waals surface area contributed by atoms with Crippen LogP contribution in [0.25, 0.3) is 0 Å². The Labute approximate surface area is 171 Å². The topological polar surface area (TPSA) is 57.7 Å². The van der Waals surface area contributed by atoms with Crippen molar-refractivity contribution < 1.29 is 13.2 Å². The predicted molar refractivity (Wildman–Crippen MR) is 116 cm³/mol. The SMILES string of the molecule is CCN(CC)S(=O)(=O)c1ccc2c(c1)CCN2C(=O)c1ccc(CSC)cc1. The highest BCUT2D eigenvalue weighted by atomic mass is 32.2. The van der Waals surface area contributed by atoms with Crippen molar-refractivity contribution in [3.05, 3.63) is 59.2 Å². The number of nitrogens with zero attached hydrogens (tertiary/aromatic N) is 2. The van der Waals surface area contributed by atoms with Gasteiger partial charge in [0.2, 0.25) is 10.0 Å². The van der Waals surface area contributed by atoms with Crippen molar-refractivity contribution in [2.24, 2.45) is 0 Å². The van der Waals surface area contributed by atoms with E-state index in [0.29, 0.717) is 36.5 Å².